The van der Waals surface area contributed by atoms with Gasteiger partial charge in [0.05, 0.1) is 0 Å². The summed E-state index contributed by atoms with van der Waals surface area (Å²) in [5, 5.41) is 8.91. The molecular formula is C6H10BrN3O2S. The highest BCUT2D eigenvalue weighted by atomic mass is 79.9. The van der Waals surface area contributed by atoms with Crippen molar-refractivity contribution in [1.82, 2.24) is 9.78 Å². The summed E-state index contributed by atoms with van der Waals surface area (Å²) in [4.78, 5) is 0.0150. The van der Waals surface area contributed by atoms with Crippen molar-refractivity contribution in [2.24, 2.45) is 5.14 Å². The summed E-state index contributed by atoms with van der Waals surface area (Å²) in [6.45, 7) is 3.79. The molecule has 7 heteroatoms. The van der Waals surface area contributed by atoms with Gasteiger partial charge in [0, 0.05) is 12.2 Å². The Morgan fingerprint density at radius 1 is 1.62 bits per heavy atom. The van der Waals surface area contributed by atoms with Crippen LogP contribution in [0.4, 0.5) is 0 Å². The number of sulfonamides is 1. The summed E-state index contributed by atoms with van der Waals surface area (Å²) in [5.74, 6) is 0. The first-order chi connectivity index (χ1) is 5.82. The fourth-order valence-corrected chi connectivity index (χ4v) is 2.30. The van der Waals surface area contributed by atoms with E-state index in [-0.39, 0.29) is 15.5 Å². The van der Waals surface area contributed by atoms with E-state index in [1.807, 2.05) is 13.8 Å². The van der Waals surface area contributed by atoms with Gasteiger partial charge in [0.25, 0.3) is 0 Å². The van der Waals surface area contributed by atoms with E-state index < -0.39 is 10.0 Å². The number of primary sulfonamides is 1. The van der Waals surface area contributed by atoms with Crippen molar-refractivity contribution >= 4 is 26.0 Å². The number of halogens is 1. The molecule has 0 saturated carbocycles. The number of nitrogens with two attached hydrogens (primary N) is 1. The summed E-state index contributed by atoms with van der Waals surface area (Å²) in [6.07, 6.45) is 1.41. The Morgan fingerprint density at radius 2 is 2.15 bits per heavy atom. The first-order valence-corrected chi connectivity index (χ1v) is 5.93. The zero-order chi connectivity index (χ0) is 10.2. The van der Waals surface area contributed by atoms with Crippen LogP contribution in [0.3, 0.4) is 0 Å². The summed E-state index contributed by atoms with van der Waals surface area (Å²) in [5.41, 5.74) is 0. The van der Waals surface area contributed by atoms with Gasteiger partial charge in [-0.05, 0) is 29.8 Å². The minimum atomic E-state index is -3.68. The normalized spacial score (nSPS) is 12.4. The molecule has 0 radical (unpaired) electrons. The Bertz CT molecular complexity index is 410. The average molecular weight is 268 g/mol. The minimum absolute atomic E-state index is 0.0150. The predicted octanol–water partition coefficient (Wildman–Crippen LogP) is 0.874. The van der Waals surface area contributed by atoms with Crippen LogP contribution in [-0.4, -0.2) is 18.2 Å². The SMILES string of the molecule is CC(C)n1cc(S(N)(=O)=O)c(Br)n1. The van der Waals surface area contributed by atoms with E-state index in [1.165, 1.54) is 10.9 Å². The van der Waals surface area contributed by atoms with Crippen molar-refractivity contribution in [3.8, 4) is 0 Å². The van der Waals surface area contributed by atoms with Gasteiger partial charge in [-0.3, -0.25) is 4.68 Å². The lowest BCUT2D eigenvalue weighted by Crippen LogP contribution is -2.11. The van der Waals surface area contributed by atoms with Crippen molar-refractivity contribution in [2.45, 2.75) is 24.8 Å². The highest BCUT2D eigenvalue weighted by Gasteiger charge is 2.17. The van der Waals surface area contributed by atoms with Crippen LogP contribution in [0.2, 0.25) is 0 Å². The van der Waals surface area contributed by atoms with Crippen molar-refractivity contribution in [2.75, 3.05) is 0 Å². The number of aromatic nitrogens is 2. The highest BCUT2D eigenvalue weighted by Crippen LogP contribution is 2.20. The smallest absolute Gasteiger partial charge is 0.242 e. The third-order valence-corrected chi connectivity index (χ3v) is 3.25. The third kappa shape index (κ3) is 2.29. The molecule has 0 amide bonds. The topological polar surface area (TPSA) is 78.0 Å². The highest BCUT2D eigenvalue weighted by molar-refractivity contribution is 9.10. The van der Waals surface area contributed by atoms with Crippen molar-refractivity contribution < 1.29 is 8.42 Å². The van der Waals surface area contributed by atoms with Gasteiger partial charge in [-0.25, -0.2) is 13.6 Å². The van der Waals surface area contributed by atoms with Gasteiger partial charge in [0.1, 0.15) is 9.50 Å². The maximum Gasteiger partial charge on any atom is 0.242 e. The van der Waals surface area contributed by atoms with Crippen LogP contribution >= 0.6 is 15.9 Å². The second-order valence-corrected chi connectivity index (χ2v) is 5.18. The number of hydrogen-bond donors (Lipinski definition) is 1. The van der Waals surface area contributed by atoms with Crippen LogP contribution in [-0.2, 0) is 10.0 Å². The fourth-order valence-electron chi connectivity index (χ4n) is 0.808. The zero-order valence-electron chi connectivity index (χ0n) is 7.23. The molecule has 0 aliphatic rings. The van der Waals surface area contributed by atoms with Crippen LogP contribution in [0.15, 0.2) is 15.7 Å². The van der Waals surface area contributed by atoms with E-state index in [2.05, 4.69) is 21.0 Å². The first-order valence-electron chi connectivity index (χ1n) is 3.60. The maximum atomic E-state index is 11.0. The van der Waals surface area contributed by atoms with Gasteiger partial charge in [-0.2, -0.15) is 5.10 Å². The summed E-state index contributed by atoms with van der Waals surface area (Å²) < 4.78 is 23.8. The lowest BCUT2D eigenvalue weighted by atomic mass is 10.4. The van der Waals surface area contributed by atoms with Crippen LogP contribution in [0.5, 0.6) is 0 Å². The quantitative estimate of drug-likeness (QED) is 0.864. The van der Waals surface area contributed by atoms with E-state index in [0.717, 1.165) is 0 Å². The van der Waals surface area contributed by atoms with Gasteiger partial charge in [0.2, 0.25) is 10.0 Å². The Morgan fingerprint density at radius 3 is 2.38 bits per heavy atom. The number of nitrogens with zero attached hydrogens (tertiary/aromatic N) is 2. The summed E-state index contributed by atoms with van der Waals surface area (Å²) in [6, 6.07) is 0.104. The lowest BCUT2D eigenvalue weighted by molar-refractivity contribution is 0.529. The zero-order valence-corrected chi connectivity index (χ0v) is 9.63. The van der Waals surface area contributed by atoms with Gasteiger partial charge in [-0.15, -0.1) is 0 Å². The molecule has 1 heterocycles. The molecule has 0 atom stereocenters. The first kappa shape index (κ1) is 10.7. The molecule has 0 aromatic carbocycles. The lowest BCUT2D eigenvalue weighted by Gasteiger charge is -2.02. The van der Waals surface area contributed by atoms with Gasteiger partial charge < -0.3 is 0 Å². The predicted molar refractivity (Wildman–Crippen MR) is 51.7 cm³/mol. The Labute approximate surface area is 85.1 Å². The minimum Gasteiger partial charge on any atom is -0.268 e. The van der Waals surface area contributed by atoms with Crippen LogP contribution in [0, 0.1) is 0 Å². The second kappa shape index (κ2) is 3.39. The van der Waals surface area contributed by atoms with Crippen LogP contribution in [0.25, 0.3) is 0 Å². The average Bonchev–Trinajstić information content (AvgIpc) is 2.29. The number of hydrogen-bond acceptors (Lipinski definition) is 3. The molecule has 1 aromatic rings. The molecular weight excluding hydrogens is 258 g/mol. The molecule has 0 aliphatic heterocycles. The fraction of sp³-hybridized carbons (Fsp3) is 0.500. The largest absolute Gasteiger partial charge is 0.268 e. The third-order valence-electron chi connectivity index (χ3n) is 1.49. The van der Waals surface area contributed by atoms with Gasteiger partial charge in [0.15, 0.2) is 0 Å². The molecule has 0 saturated heterocycles. The standard InChI is InChI=1S/C6H10BrN3O2S/c1-4(2)10-3-5(6(7)9-10)13(8,11)12/h3-4H,1-2H3,(H2,8,11,12). The Hall–Kier alpha value is -0.400. The Balaban J connectivity index is 3.27. The van der Waals surface area contributed by atoms with E-state index in [0.29, 0.717) is 0 Å². The van der Waals surface area contributed by atoms with E-state index >= 15 is 0 Å². The van der Waals surface area contributed by atoms with Crippen molar-refractivity contribution in [1.29, 1.82) is 0 Å². The van der Waals surface area contributed by atoms with Gasteiger partial charge in [-0.1, -0.05) is 0 Å². The van der Waals surface area contributed by atoms with E-state index in [4.69, 9.17) is 5.14 Å². The van der Waals surface area contributed by atoms with Crippen molar-refractivity contribution in [3.63, 3.8) is 0 Å². The second-order valence-electron chi connectivity index (χ2n) is 2.90. The molecule has 74 valence electrons. The molecule has 1 aromatic heterocycles. The molecule has 5 nitrogen and oxygen atoms in total. The van der Waals surface area contributed by atoms with E-state index in [1.54, 1.807) is 0 Å². The van der Waals surface area contributed by atoms with Crippen LogP contribution < -0.4 is 5.14 Å². The van der Waals surface area contributed by atoms with Gasteiger partial charge >= 0.3 is 0 Å². The maximum absolute atomic E-state index is 11.0. The summed E-state index contributed by atoms with van der Waals surface area (Å²) >= 11 is 3.03. The molecule has 0 unspecified atom stereocenters. The molecule has 13 heavy (non-hydrogen) atoms. The van der Waals surface area contributed by atoms with Crippen molar-refractivity contribution in [3.05, 3.63) is 10.8 Å². The van der Waals surface area contributed by atoms with E-state index in [9.17, 15) is 8.42 Å². The molecule has 0 bridgehead atoms. The van der Waals surface area contributed by atoms with Crippen LogP contribution in [0.1, 0.15) is 19.9 Å². The molecule has 0 fully saturated rings. The number of rotatable bonds is 2. The Kier molecular flexibility index (Phi) is 2.79. The molecule has 0 spiro atoms. The molecule has 1 rings (SSSR count). The monoisotopic (exact) mass is 267 g/mol. The molecule has 2 N–H and O–H groups in total. The molecule has 0 aliphatic carbocycles. The summed E-state index contributed by atoms with van der Waals surface area (Å²) in [7, 11) is -3.68.